The summed E-state index contributed by atoms with van der Waals surface area (Å²) in [7, 11) is 0. The van der Waals surface area contributed by atoms with Gasteiger partial charge in [-0.2, -0.15) is 0 Å². The van der Waals surface area contributed by atoms with E-state index < -0.39 is 4.92 Å². The van der Waals surface area contributed by atoms with Crippen molar-refractivity contribution in [3.05, 3.63) is 39.9 Å². The van der Waals surface area contributed by atoms with Crippen LogP contribution in [0.25, 0.3) is 0 Å². The van der Waals surface area contributed by atoms with Crippen molar-refractivity contribution in [1.82, 2.24) is 0 Å². The summed E-state index contributed by atoms with van der Waals surface area (Å²) in [6, 6.07) is 6.71. The lowest BCUT2D eigenvalue weighted by atomic mass is 10.1. The van der Waals surface area contributed by atoms with Crippen molar-refractivity contribution in [3.63, 3.8) is 0 Å². The van der Waals surface area contributed by atoms with Crippen LogP contribution in [0.15, 0.2) is 29.3 Å². The molecule has 0 N–H and O–H groups in total. The van der Waals surface area contributed by atoms with E-state index in [1.165, 1.54) is 12.1 Å². The highest BCUT2D eigenvalue weighted by molar-refractivity contribution is 5.99. The van der Waals surface area contributed by atoms with Crippen molar-refractivity contribution >= 4 is 11.4 Å². The maximum absolute atomic E-state index is 10.3. The van der Waals surface area contributed by atoms with E-state index in [1.54, 1.807) is 12.1 Å². The van der Waals surface area contributed by atoms with E-state index in [0.29, 0.717) is 0 Å². The number of benzene rings is 1. The Balaban J connectivity index is 2.20. The zero-order valence-electron chi connectivity index (χ0n) is 7.10. The van der Waals surface area contributed by atoms with Gasteiger partial charge in [-0.1, -0.05) is 0 Å². The van der Waals surface area contributed by atoms with Crippen LogP contribution in [0, 0.1) is 10.1 Å². The molecule has 0 radical (unpaired) electrons. The number of nitro groups is 1. The number of hydrogen-bond acceptors (Lipinski definition) is 3. The van der Waals surface area contributed by atoms with E-state index in [2.05, 4.69) is 4.99 Å². The zero-order chi connectivity index (χ0) is 9.42. The van der Waals surface area contributed by atoms with Crippen LogP contribution in [-0.2, 0) is 0 Å². The topological polar surface area (TPSA) is 55.5 Å². The van der Waals surface area contributed by atoms with Gasteiger partial charge in [0, 0.05) is 17.8 Å². The first-order valence-electron chi connectivity index (χ1n) is 3.97. The normalized spacial score (nSPS) is 19.5. The number of rotatable bonds is 2. The first-order chi connectivity index (χ1) is 6.18. The third kappa shape index (κ3) is 1.42. The van der Waals surface area contributed by atoms with E-state index in [4.69, 9.17) is 0 Å². The second-order valence-corrected chi connectivity index (χ2v) is 3.02. The lowest BCUT2D eigenvalue weighted by Crippen LogP contribution is -1.90. The smallest absolute Gasteiger partial charge is 0.269 e. The van der Waals surface area contributed by atoms with Crippen LogP contribution in [0.2, 0.25) is 0 Å². The quantitative estimate of drug-likeness (QED) is 0.511. The Morgan fingerprint density at radius 2 is 1.92 bits per heavy atom. The second kappa shape index (κ2) is 2.65. The third-order valence-electron chi connectivity index (χ3n) is 2.08. The molecule has 4 heteroatoms. The van der Waals surface area contributed by atoms with E-state index in [-0.39, 0.29) is 11.7 Å². The molecule has 0 spiro atoms. The summed E-state index contributed by atoms with van der Waals surface area (Å²) >= 11 is 0. The van der Waals surface area contributed by atoms with Gasteiger partial charge in [0.05, 0.1) is 4.92 Å². The Labute approximate surface area is 75.1 Å². The zero-order valence-corrected chi connectivity index (χ0v) is 7.10. The Hall–Kier alpha value is -1.71. The SMILES string of the molecule is CC1=NC1c1ccc([N+](=O)[O-])cc1. The minimum Gasteiger partial charge on any atom is -0.278 e. The van der Waals surface area contributed by atoms with Crippen molar-refractivity contribution in [1.29, 1.82) is 0 Å². The predicted octanol–water partition coefficient (Wildman–Crippen LogP) is 2.11. The van der Waals surface area contributed by atoms with Gasteiger partial charge in [0.1, 0.15) is 6.04 Å². The minimum absolute atomic E-state index is 0.127. The molecule has 1 aromatic rings. The van der Waals surface area contributed by atoms with Crippen LogP contribution in [0.3, 0.4) is 0 Å². The molecule has 4 nitrogen and oxygen atoms in total. The average Bonchev–Trinajstić information content (AvgIpc) is 2.83. The van der Waals surface area contributed by atoms with E-state index in [0.717, 1.165) is 11.3 Å². The minimum atomic E-state index is -0.398. The fourth-order valence-electron chi connectivity index (χ4n) is 1.26. The molecule has 0 saturated heterocycles. The summed E-state index contributed by atoms with van der Waals surface area (Å²) < 4.78 is 0. The Bertz CT molecular complexity index is 381. The summed E-state index contributed by atoms with van der Waals surface area (Å²) in [5, 5.41) is 10.3. The first-order valence-corrected chi connectivity index (χ1v) is 3.97. The van der Waals surface area contributed by atoms with Gasteiger partial charge >= 0.3 is 0 Å². The van der Waals surface area contributed by atoms with Gasteiger partial charge in [0.2, 0.25) is 0 Å². The lowest BCUT2D eigenvalue weighted by molar-refractivity contribution is -0.384. The lowest BCUT2D eigenvalue weighted by Gasteiger charge is -1.95. The molecule has 13 heavy (non-hydrogen) atoms. The summed E-state index contributed by atoms with van der Waals surface area (Å²) in [4.78, 5) is 14.1. The summed E-state index contributed by atoms with van der Waals surface area (Å²) in [5.41, 5.74) is 2.25. The molecule has 0 amide bonds. The Kier molecular flexibility index (Phi) is 1.62. The van der Waals surface area contributed by atoms with E-state index >= 15 is 0 Å². The third-order valence-corrected chi connectivity index (χ3v) is 2.08. The molecule has 0 aromatic heterocycles. The van der Waals surface area contributed by atoms with Gasteiger partial charge in [-0.05, 0) is 24.6 Å². The molecular formula is C9H8N2O2. The summed E-state index contributed by atoms with van der Waals surface area (Å²) in [5.74, 6) is 0. The fourth-order valence-corrected chi connectivity index (χ4v) is 1.26. The molecule has 0 fully saturated rings. The van der Waals surface area contributed by atoms with Crippen LogP contribution in [0.4, 0.5) is 5.69 Å². The molecule has 1 heterocycles. The molecule has 1 aliphatic rings. The molecule has 1 aliphatic heterocycles. The van der Waals surface area contributed by atoms with Gasteiger partial charge in [-0.15, -0.1) is 0 Å². The van der Waals surface area contributed by atoms with Crippen molar-refractivity contribution in [3.8, 4) is 0 Å². The molecule has 2 rings (SSSR count). The van der Waals surface area contributed by atoms with Crippen molar-refractivity contribution in [2.24, 2.45) is 4.99 Å². The van der Waals surface area contributed by atoms with Crippen molar-refractivity contribution < 1.29 is 4.92 Å². The maximum Gasteiger partial charge on any atom is 0.269 e. The fraction of sp³-hybridized carbons (Fsp3) is 0.222. The molecule has 66 valence electrons. The molecule has 0 aliphatic carbocycles. The Morgan fingerprint density at radius 3 is 2.31 bits per heavy atom. The predicted molar refractivity (Wildman–Crippen MR) is 48.9 cm³/mol. The van der Waals surface area contributed by atoms with Gasteiger partial charge in [0.15, 0.2) is 0 Å². The standard InChI is InChI=1S/C9H8N2O2/c1-6-9(10-6)7-2-4-8(5-3-7)11(12)13/h2-5,9H,1H3. The van der Waals surface area contributed by atoms with Gasteiger partial charge in [-0.3, -0.25) is 15.1 Å². The van der Waals surface area contributed by atoms with Crippen LogP contribution in [0.5, 0.6) is 0 Å². The van der Waals surface area contributed by atoms with Crippen molar-refractivity contribution in [2.75, 3.05) is 0 Å². The highest BCUT2D eigenvalue weighted by Crippen LogP contribution is 2.31. The monoisotopic (exact) mass is 176 g/mol. The van der Waals surface area contributed by atoms with Gasteiger partial charge in [0.25, 0.3) is 5.69 Å². The Morgan fingerprint density at radius 1 is 1.38 bits per heavy atom. The average molecular weight is 176 g/mol. The summed E-state index contributed by atoms with van der Waals surface area (Å²) in [6.07, 6.45) is 0. The number of non-ortho nitro benzene ring substituents is 1. The summed E-state index contributed by atoms with van der Waals surface area (Å²) in [6.45, 7) is 1.95. The number of nitro benzene ring substituents is 1. The van der Waals surface area contributed by atoms with E-state index in [9.17, 15) is 10.1 Å². The highest BCUT2D eigenvalue weighted by atomic mass is 16.6. The second-order valence-electron chi connectivity index (χ2n) is 3.02. The van der Waals surface area contributed by atoms with E-state index in [1.807, 2.05) is 6.92 Å². The highest BCUT2D eigenvalue weighted by Gasteiger charge is 2.24. The van der Waals surface area contributed by atoms with Crippen LogP contribution in [0.1, 0.15) is 18.5 Å². The molecule has 1 atom stereocenters. The molecule has 1 aromatic carbocycles. The van der Waals surface area contributed by atoms with Crippen LogP contribution in [-0.4, -0.2) is 10.6 Å². The van der Waals surface area contributed by atoms with Gasteiger partial charge in [-0.25, -0.2) is 0 Å². The van der Waals surface area contributed by atoms with Crippen molar-refractivity contribution in [2.45, 2.75) is 13.0 Å². The molecule has 0 saturated carbocycles. The van der Waals surface area contributed by atoms with Gasteiger partial charge < -0.3 is 0 Å². The maximum atomic E-state index is 10.3. The molecule has 0 bridgehead atoms. The molecular weight excluding hydrogens is 168 g/mol. The number of nitrogens with zero attached hydrogens (tertiary/aromatic N) is 2. The number of aliphatic imine (C=N–C) groups is 1. The van der Waals surface area contributed by atoms with Crippen LogP contribution >= 0.6 is 0 Å². The number of hydrogen-bond donors (Lipinski definition) is 0. The first kappa shape index (κ1) is 7.91. The molecule has 1 unspecified atom stereocenters. The largest absolute Gasteiger partial charge is 0.278 e. The van der Waals surface area contributed by atoms with Crippen LogP contribution < -0.4 is 0 Å².